The largest absolute Gasteiger partial charge is 0.378 e. The van der Waals surface area contributed by atoms with E-state index in [0.717, 1.165) is 24.8 Å². The van der Waals surface area contributed by atoms with Gasteiger partial charge in [-0.1, -0.05) is 13.8 Å². The number of morpholine rings is 1. The van der Waals surface area contributed by atoms with Crippen molar-refractivity contribution in [3.63, 3.8) is 0 Å². The van der Waals surface area contributed by atoms with E-state index in [0.29, 0.717) is 48.9 Å². The third-order valence-corrected chi connectivity index (χ3v) is 6.36. The molecule has 0 unspecified atom stereocenters. The second-order valence-corrected chi connectivity index (χ2v) is 9.69. The zero-order valence-electron chi connectivity index (χ0n) is 19.5. The summed E-state index contributed by atoms with van der Waals surface area (Å²) >= 11 is 0. The number of nitrogens with zero attached hydrogens (tertiary/aromatic N) is 4. The Hall–Kier alpha value is -3.33. The molecule has 2 aliphatic heterocycles. The predicted molar refractivity (Wildman–Crippen MR) is 128 cm³/mol. The Morgan fingerprint density at radius 2 is 1.88 bits per heavy atom. The van der Waals surface area contributed by atoms with Crippen LogP contribution >= 0.6 is 0 Å². The van der Waals surface area contributed by atoms with Crippen molar-refractivity contribution in [3.8, 4) is 0 Å². The van der Waals surface area contributed by atoms with E-state index in [1.54, 1.807) is 24.2 Å². The highest BCUT2D eigenvalue weighted by Gasteiger charge is 2.38. The monoisotopic (exact) mass is 467 g/mol. The Morgan fingerprint density at radius 1 is 1.12 bits per heavy atom. The molecule has 4 heterocycles. The van der Waals surface area contributed by atoms with E-state index in [9.17, 15) is 9.18 Å². The number of aromatic nitrogens is 2. The second kappa shape index (κ2) is 8.47. The highest BCUT2D eigenvalue weighted by atomic mass is 19.1. The number of pyridine rings is 2. The van der Waals surface area contributed by atoms with Crippen molar-refractivity contribution in [1.29, 1.82) is 0 Å². The van der Waals surface area contributed by atoms with E-state index in [4.69, 9.17) is 4.74 Å². The highest BCUT2D eigenvalue weighted by Crippen LogP contribution is 2.40. The van der Waals surface area contributed by atoms with Crippen molar-refractivity contribution in [2.45, 2.75) is 27.2 Å². The smallest absolute Gasteiger partial charge is 0.228 e. The van der Waals surface area contributed by atoms with Gasteiger partial charge in [0.15, 0.2) is 0 Å². The number of nitrogens with one attached hydrogen (secondary N) is 1. The van der Waals surface area contributed by atoms with Crippen LogP contribution in [0.15, 0.2) is 30.6 Å². The number of amides is 1. The molecule has 2 aliphatic rings. The lowest BCUT2D eigenvalue weighted by Crippen LogP contribution is -2.36. The molecule has 0 bridgehead atoms. The predicted octanol–water partition coefficient (Wildman–Crippen LogP) is 4.56. The molecular weight excluding hydrogens is 440 g/mol. The number of anilines is 4. The van der Waals surface area contributed by atoms with Crippen molar-refractivity contribution in [2.75, 3.05) is 48.0 Å². The lowest BCUT2D eigenvalue weighted by atomic mass is 9.93. The summed E-state index contributed by atoms with van der Waals surface area (Å²) in [7, 11) is 0. The Balaban J connectivity index is 1.61. The van der Waals surface area contributed by atoms with E-state index >= 15 is 4.39 Å². The molecular formula is C25H27F2N5O2. The Bertz CT molecular complexity index is 1270. The number of halogens is 2. The zero-order chi connectivity index (χ0) is 24.0. The maximum Gasteiger partial charge on any atom is 0.228 e. The van der Waals surface area contributed by atoms with Crippen molar-refractivity contribution in [3.05, 3.63) is 47.8 Å². The Morgan fingerprint density at radius 3 is 2.59 bits per heavy atom. The molecule has 0 radical (unpaired) electrons. The first kappa shape index (κ1) is 22.5. The molecule has 2 saturated heterocycles. The third-order valence-electron chi connectivity index (χ3n) is 6.36. The van der Waals surface area contributed by atoms with E-state index < -0.39 is 11.6 Å². The molecule has 0 saturated carbocycles. The van der Waals surface area contributed by atoms with Gasteiger partial charge in [-0.05, 0) is 18.4 Å². The summed E-state index contributed by atoms with van der Waals surface area (Å²) in [6.07, 6.45) is 3.82. The first-order valence-electron chi connectivity index (χ1n) is 11.4. The van der Waals surface area contributed by atoms with Crippen LogP contribution in [-0.4, -0.2) is 48.7 Å². The van der Waals surface area contributed by atoms with Gasteiger partial charge in [-0.2, -0.15) is 0 Å². The van der Waals surface area contributed by atoms with Crippen LogP contribution in [0.25, 0.3) is 10.9 Å². The highest BCUT2D eigenvalue weighted by molar-refractivity contribution is 6.02. The topological polar surface area (TPSA) is 70.6 Å². The molecule has 1 aromatic carbocycles. The van der Waals surface area contributed by atoms with Crippen LogP contribution in [0.2, 0.25) is 0 Å². The molecule has 2 fully saturated rings. The number of ether oxygens (including phenoxy) is 1. The summed E-state index contributed by atoms with van der Waals surface area (Å²) in [6.45, 7) is 9.12. The van der Waals surface area contributed by atoms with Gasteiger partial charge in [-0.3, -0.25) is 14.7 Å². The number of rotatable bonds is 4. The fourth-order valence-electron chi connectivity index (χ4n) is 4.72. The summed E-state index contributed by atoms with van der Waals surface area (Å²) in [5.41, 5.74) is 2.57. The number of hydrogen-bond donors (Lipinski definition) is 1. The van der Waals surface area contributed by atoms with Crippen LogP contribution < -0.4 is 15.1 Å². The quantitative estimate of drug-likeness (QED) is 0.607. The van der Waals surface area contributed by atoms with Crippen LogP contribution in [0.5, 0.6) is 0 Å². The molecule has 1 N–H and O–H groups in total. The fourth-order valence-corrected chi connectivity index (χ4v) is 4.72. The van der Waals surface area contributed by atoms with Crippen molar-refractivity contribution >= 4 is 39.7 Å². The van der Waals surface area contributed by atoms with Gasteiger partial charge >= 0.3 is 0 Å². The van der Waals surface area contributed by atoms with E-state index in [1.807, 2.05) is 19.9 Å². The number of fused-ring (bicyclic) bond motifs is 1. The summed E-state index contributed by atoms with van der Waals surface area (Å²) in [4.78, 5) is 25.5. The number of benzene rings is 1. The minimum Gasteiger partial charge on any atom is -0.378 e. The van der Waals surface area contributed by atoms with Crippen LogP contribution in [-0.2, 0) is 9.53 Å². The average Bonchev–Trinajstić information content (AvgIpc) is 3.08. The molecule has 3 aromatic rings. The average molecular weight is 468 g/mol. The molecule has 9 heteroatoms. The summed E-state index contributed by atoms with van der Waals surface area (Å²) in [5.74, 6) is -1.08. The van der Waals surface area contributed by atoms with Gasteiger partial charge in [0.25, 0.3) is 0 Å². The Kier molecular flexibility index (Phi) is 5.59. The van der Waals surface area contributed by atoms with Gasteiger partial charge in [-0.25, -0.2) is 13.8 Å². The fraction of sp³-hybridized carbons (Fsp3) is 0.400. The molecule has 2 aromatic heterocycles. The molecule has 5 rings (SSSR count). The molecule has 1 amide bonds. The lowest BCUT2D eigenvalue weighted by molar-refractivity contribution is -0.117. The van der Waals surface area contributed by atoms with Crippen molar-refractivity contribution in [2.24, 2.45) is 5.41 Å². The molecule has 178 valence electrons. The van der Waals surface area contributed by atoms with Gasteiger partial charge in [0.05, 0.1) is 53.6 Å². The summed E-state index contributed by atoms with van der Waals surface area (Å²) < 4.78 is 34.6. The second-order valence-electron chi connectivity index (χ2n) is 9.69. The third kappa shape index (κ3) is 4.16. The standard InChI is InChI=1S/C25H27F2N5O2/c1-15-23(29-17-10-18(13-28-12-17)31-4-6-34-7-5-31)22-19(27)8-16(26)9-20(22)30-24(15)32-14-25(2,3)11-21(32)33/h8-10,12-13H,4-7,11,14H2,1-3H3,(H,29,30). The van der Waals surface area contributed by atoms with E-state index in [2.05, 4.69) is 20.2 Å². The van der Waals surface area contributed by atoms with Crippen molar-refractivity contribution in [1.82, 2.24) is 9.97 Å². The lowest BCUT2D eigenvalue weighted by Gasteiger charge is -2.29. The molecule has 34 heavy (non-hydrogen) atoms. The van der Waals surface area contributed by atoms with Gasteiger partial charge in [-0.15, -0.1) is 0 Å². The molecule has 0 aliphatic carbocycles. The van der Waals surface area contributed by atoms with Crippen LogP contribution in [0.4, 0.5) is 31.7 Å². The van der Waals surface area contributed by atoms with Crippen LogP contribution in [0.1, 0.15) is 25.8 Å². The zero-order valence-corrected chi connectivity index (χ0v) is 19.5. The molecule has 0 atom stereocenters. The normalized spacial score (nSPS) is 18.1. The number of carbonyl (C=O) groups is 1. The summed E-state index contributed by atoms with van der Waals surface area (Å²) in [6, 6.07) is 3.98. The van der Waals surface area contributed by atoms with Gasteiger partial charge in [0.2, 0.25) is 5.91 Å². The minimum atomic E-state index is -0.720. The van der Waals surface area contributed by atoms with Crippen LogP contribution in [0, 0.1) is 24.0 Å². The molecule has 0 spiro atoms. The Labute approximate surface area is 196 Å². The number of hydrogen-bond acceptors (Lipinski definition) is 6. The maximum absolute atomic E-state index is 15.0. The SMILES string of the molecule is Cc1c(N2CC(C)(C)CC2=O)nc2cc(F)cc(F)c2c1Nc1cncc(N2CCOCC2)c1. The maximum atomic E-state index is 15.0. The van der Waals surface area contributed by atoms with Gasteiger partial charge < -0.3 is 15.0 Å². The first-order chi connectivity index (χ1) is 16.2. The molecule has 7 nitrogen and oxygen atoms in total. The summed E-state index contributed by atoms with van der Waals surface area (Å²) in [5, 5.41) is 3.47. The number of carbonyl (C=O) groups excluding carboxylic acids is 1. The van der Waals surface area contributed by atoms with Crippen LogP contribution in [0.3, 0.4) is 0 Å². The minimum absolute atomic E-state index is 0.0567. The van der Waals surface area contributed by atoms with E-state index in [1.165, 1.54) is 6.07 Å². The van der Waals surface area contributed by atoms with E-state index in [-0.39, 0.29) is 22.2 Å². The van der Waals surface area contributed by atoms with Gasteiger partial charge in [0.1, 0.15) is 17.5 Å². The first-order valence-corrected chi connectivity index (χ1v) is 11.4. The van der Waals surface area contributed by atoms with Crippen molar-refractivity contribution < 1.29 is 18.3 Å². The van der Waals surface area contributed by atoms with Gasteiger partial charge in [0, 0.05) is 43.8 Å².